The molecule has 2 aromatic carbocycles. The highest BCUT2D eigenvalue weighted by molar-refractivity contribution is 5.71. The molecule has 3 nitrogen and oxygen atoms in total. The Morgan fingerprint density at radius 2 is 1.63 bits per heavy atom. The smallest absolute Gasteiger partial charge is 0.319 e. The Morgan fingerprint density at radius 3 is 2.26 bits per heavy atom. The van der Waals surface area contributed by atoms with E-state index in [1.54, 1.807) is 0 Å². The van der Waals surface area contributed by atoms with E-state index in [9.17, 15) is 4.79 Å². The molecule has 0 aliphatic carbocycles. The molecular weight excluding hydrogens is 238 g/mol. The first-order valence-electron chi connectivity index (χ1n) is 6.21. The fourth-order valence-corrected chi connectivity index (χ4v) is 1.83. The van der Waals surface area contributed by atoms with Gasteiger partial charge in [-0.15, -0.1) is 0 Å². The van der Waals surface area contributed by atoms with Gasteiger partial charge in [-0.25, -0.2) is 0 Å². The van der Waals surface area contributed by atoms with Gasteiger partial charge in [-0.2, -0.15) is 0 Å². The van der Waals surface area contributed by atoms with E-state index in [0.29, 0.717) is 6.54 Å². The molecule has 0 saturated carbocycles. The van der Waals surface area contributed by atoms with Crippen molar-refractivity contribution in [3.8, 4) is 11.1 Å². The lowest BCUT2D eigenvalue weighted by atomic mass is 10.0. The molecule has 3 heteroatoms. The number of ether oxygens (including phenoxy) is 1. The maximum Gasteiger partial charge on any atom is 0.319 e. The lowest BCUT2D eigenvalue weighted by Gasteiger charge is -2.05. The Kier molecular flexibility index (Phi) is 4.70. The number of rotatable bonds is 5. The fraction of sp³-hybridized carbons (Fsp3) is 0.188. The lowest BCUT2D eigenvalue weighted by Crippen LogP contribution is -2.23. The van der Waals surface area contributed by atoms with Crippen LogP contribution in [0.2, 0.25) is 0 Å². The molecule has 0 bridgehead atoms. The number of hydrogen-bond donors (Lipinski definition) is 1. The third kappa shape index (κ3) is 3.93. The molecular formula is C16H17NO2. The van der Waals surface area contributed by atoms with Crippen molar-refractivity contribution in [2.75, 3.05) is 13.7 Å². The van der Waals surface area contributed by atoms with Crippen molar-refractivity contribution in [1.82, 2.24) is 5.32 Å². The van der Waals surface area contributed by atoms with E-state index in [1.165, 1.54) is 18.2 Å². The largest absolute Gasteiger partial charge is 0.468 e. The molecule has 0 aliphatic heterocycles. The van der Waals surface area contributed by atoms with Gasteiger partial charge in [0.1, 0.15) is 0 Å². The van der Waals surface area contributed by atoms with Gasteiger partial charge in [0, 0.05) is 6.54 Å². The topological polar surface area (TPSA) is 38.3 Å². The molecule has 0 atom stereocenters. The molecule has 0 aromatic heterocycles. The van der Waals surface area contributed by atoms with Crippen LogP contribution in [0.4, 0.5) is 0 Å². The molecule has 98 valence electrons. The molecule has 0 aliphatic rings. The maximum absolute atomic E-state index is 11.0. The molecule has 0 saturated heterocycles. The van der Waals surface area contributed by atoms with Gasteiger partial charge in [-0.3, -0.25) is 4.79 Å². The van der Waals surface area contributed by atoms with E-state index in [0.717, 1.165) is 5.56 Å². The fourth-order valence-electron chi connectivity index (χ4n) is 1.83. The van der Waals surface area contributed by atoms with Gasteiger partial charge in [0.25, 0.3) is 0 Å². The highest BCUT2D eigenvalue weighted by Crippen LogP contribution is 2.18. The summed E-state index contributed by atoms with van der Waals surface area (Å²) < 4.78 is 4.56. The number of esters is 1. The van der Waals surface area contributed by atoms with Crippen molar-refractivity contribution in [3.05, 3.63) is 60.2 Å². The average Bonchev–Trinajstić information content (AvgIpc) is 2.48. The summed E-state index contributed by atoms with van der Waals surface area (Å²) in [5, 5.41) is 3.04. The number of hydrogen-bond acceptors (Lipinski definition) is 3. The molecule has 0 radical (unpaired) electrons. The zero-order valence-corrected chi connectivity index (χ0v) is 10.9. The predicted octanol–water partition coefficient (Wildman–Crippen LogP) is 2.62. The monoisotopic (exact) mass is 255 g/mol. The van der Waals surface area contributed by atoms with Gasteiger partial charge < -0.3 is 10.1 Å². The van der Waals surface area contributed by atoms with Crippen LogP contribution in [0.3, 0.4) is 0 Å². The second kappa shape index (κ2) is 6.71. The molecule has 0 spiro atoms. The maximum atomic E-state index is 11.0. The molecule has 0 heterocycles. The normalized spacial score (nSPS) is 10.2. The molecule has 2 aromatic rings. The van der Waals surface area contributed by atoms with Crippen LogP contribution in [0.5, 0.6) is 0 Å². The Morgan fingerprint density at radius 1 is 1.00 bits per heavy atom. The zero-order chi connectivity index (χ0) is 13.5. The summed E-state index contributed by atoms with van der Waals surface area (Å²) >= 11 is 0. The third-order valence-electron chi connectivity index (χ3n) is 2.89. The van der Waals surface area contributed by atoms with Gasteiger partial charge >= 0.3 is 5.97 Å². The summed E-state index contributed by atoms with van der Waals surface area (Å²) in [7, 11) is 1.39. The first-order valence-corrected chi connectivity index (χ1v) is 6.21. The molecule has 2 rings (SSSR count). The Balaban J connectivity index is 1.94. The summed E-state index contributed by atoms with van der Waals surface area (Å²) in [6.45, 7) is 0.890. The summed E-state index contributed by atoms with van der Waals surface area (Å²) in [6.07, 6.45) is 0. The van der Waals surface area contributed by atoms with E-state index in [-0.39, 0.29) is 12.5 Å². The van der Waals surface area contributed by atoms with Crippen LogP contribution in [0.15, 0.2) is 54.6 Å². The molecule has 0 unspecified atom stereocenters. The first kappa shape index (κ1) is 13.3. The number of benzene rings is 2. The summed E-state index contributed by atoms with van der Waals surface area (Å²) in [5.74, 6) is -0.249. The van der Waals surface area contributed by atoms with Crippen molar-refractivity contribution in [3.63, 3.8) is 0 Å². The van der Waals surface area contributed by atoms with Gasteiger partial charge in [0.2, 0.25) is 0 Å². The molecule has 0 fully saturated rings. The number of carbonyl (C=O) groups is 1. The second-order valence-corrected chi connectivity index (χ2v) is 4.24. The quantitative estimate of drug-likeness (QED) is 0.835. The number of nitrogens with one attached hydrogen (secondary N) is 1. The predicted molar refractivity (Wildman–Crippen MR) is 75.6 cm³/mol. The standard InChI is InChI=1S/C16H17NO2/c1-19-16(18)12-17-11-13-7-9-15(10-8-13)14-5-3-2-4-6-14/h2-10,17H,11-12H2,1H3. The van der Waals surface area contributed by atoms with Crippen LogP contribution in [0.25, 0.3) is 11.1 Å². The first-order chi connectivity index (χ1) is 9.29. The minimum Gasteiger partial charge on any atom is -0.468 e. The Hall–Kier alpha value is -2.13. The highest BCUT2D eigenvalue weighted by atomic mass is 16.5. The molecule has 0 amide bonds. The van der Waals surface area contributed by atoms with Crippen LogP contribution < -0.4 is 5.32 Å². The van der Waals surface area contributed by atoms with Crippen molar-refractivity contribution >= 4 is 5.97 Å². The lowest BCUT2D eigenvalue weighted by molar-refractivity contribution is -0.139. The van der Waals surface area contributed by atoms with E-state index in [2.05, 4.69) is 46.5 Å². The van der Waals surface area contributed by atoms with Crippen molar-refractivity contribution in [1.29, 1.82) is 0 Å². The summed E-state index contributed by atoms with van der Waals surface area (Å²) in [4.78, 5) is 11.0. The number of carbonyl (C=O) groups excluding carboxylic acids is 1. The number of methoxy groups -OCH3 is 1. The van der Waals surface area contributed by atoms with E-state index in [4.69, 9.17) is 0 Å². The van der Waals surface area contributed by atoms with Gasteiger partial charge in [0.05, 0.1) is 13.7 Å². The zero-order valence-electron chi connectivity index (χ0n) is 10.9. The van der Waals surface area contributed by atoms with Crippen LogP contribution in [0, 0.1) is 0 Å². The van der Waals surface area contributed by atoms with Crippen molar-refractivity contribution in [2.45, 2.75) is 6.54 Å². The summed E-state index contributed by atoms with van der Waals surface area (Å²) in [5.41, 5.74) is 3.54. The van der Waals surface area contributed by atoms with Gasteiger partial charge in [-0.05, 0) is 16.7 Å². The van der Waals surface area contributed by atoms with Crippen molar-refractivity contribution in [2.24, 2.45) is 0 Å². The van der Waals surface area contributed by atoms with Crippen molar-refractivity contribution < 1.29 is 9.53 Å². The minimum atomic E-state index is -0.249. The molecule has 1 N–H and O–H groups in total. The second-order valence-electron chi connectivity index (χ2n) is 4.24. The van der Waals surface area contributed by atoms with Crippen LogP contribution in [0.1, 0.15) is 5.56 Å². The van der Waals surface area contributed by atoms with Crippen LogP contribution in [-0.4, -0.2) is 19.6 Å². The summed E-state index contributed by atoms with van der Waals surface area (Å²) in [6, 6.07) is 18.5. The van der Waals surface area contributed by atoms with Gasteiger partial charge in [-0.1, -0.05) is 54.6 Å². The van der Waals surface area contributed by atoms with E-state index >= 15 is 0 Å². The molecule has 19 heavy (non-hydrogen) atoms. The Labute approximate surface area is 113 Å². The van der Waals surface area contributed by atoms with E-state index in [1.807, 2.05) is 18.2 Å². The SMILES string of the molecule is COC(=O)CNCc1ccc(-c2ccccc2)cc1. The van der Waals surface area contributed by atoms with Crippen LogP contribution >= 0.6 is 0 Å². The van der Waals surface area contributed by atoms with Crippen LogP contribution in [-0.2, 0) is 16.1 Å². The van der Waals surface area contributed by atoms with Gasteiger partial charge in [0.15, 0.2) is 0 Å². The average molecular weight is 255 g/mol. The third-order valence-corrected chi connectivity index (χ3v) is 2.89. The highest BCUT2D eigenvalue weighted by Gasteiger charge is 2.00. The Bertz CT molecular complexity index is 520. The minimum absolute atomic E-state index is 0.233. The van der Waals surface area contributed by atoms with E-state index < -0.39 is 0 Å².